The van der Waals surface area contributed by atoms with Crippen molar-refractivity contribution in [3.63, 3.8) is 0 Å². The first-order valence-corrected chi connectivity index (χ1v) is 6.79. The molecule has 1 heterocycles. The highest BCUT2D eigenvalue weighted by Gasteiger charge is 2.31. The van der Waals surface area contributed by atoms with E-state index in [-0.39, 0.29) is 11.7 Å². The van der Waals surface area contributed by atoms with Gasteiger partial charge in [0.2, 0.25) is 0 Å². The van der Waals surface area contributed by atoms with Crippen LogP contribution in [0.2, 0.25) is 0 Å². The molecule has 0 aromatic heterocycles. The Morgan fingerprint density at radius 2 is 2.15 bits per heavy atom. The lowest BCUT2D eigenvalue weighted by atomic mass is 9.90. The van der Waals surface area contributed by atoms with E-state index < -0.39 is 11.7 Å². The van der Waals surface area contributed by atoms with Crippen molar-refractivity contribution in [2.75, 3.05) is 13.1 Å². The van der Waals surface area contributed by atoms with Gasteiger partial charge >= 0.3 is 6.18 Å². The number of benzene rings is 1. The predicted molar refractivity (Wildman–Crippen MR) is 70.7 cm³/mol. The van der Waals surface area contributed by atoms with Crippen LogP contribution in [0.4, 0.5) is 13.2 Å². The second-order valence-electron chi connectivity index (χ2n) is 5.37. The molecule has 0 amide bonds. The fourth-order valence-corrected chi connectivity index (χ4v) is 2.62. The van der Waals surface area contributed by atoms with Crippen LogP contribution in [0.3, 0.4) is 0 Å². The lowest BCUT2D eigenvalue weighted by molar-refractivity contribution is -0.137. The van der Waals surface area contributed by atoms with Crippen molar-refractivity contribution in [1.29, 1.82) is 0 Å². The number of piperidine rings is 1. The van der Waals surface area contributed by atoms with Crippen molar-refractivity contribution in [1.82, 2.24) is 5.32 Å². The van der Waals surface area contributed by atoms with Crippen LogP contribution in [0, 0.1) is 12.8 Å². The number of hydrogen-bond acceptors (Lipinski definition) is 2. The minimum Gasteiger partial charge on any atom is -0.316 e. The lowest BCUT2D eigenvalue weighted by Crippen LogP contribution is -2.31. The summed E-state index contributed by atoms with van der Waals surface area (Å²) in [7, 11) is 0. The zero-order valence-electron chi connectivity index (χ0n) is 11.4. The first-order chi connectivity index (χ1) is 9.38. The van der Waals surface area contributed by atoms with Crippen LogP contribution in [0.25, 0.3) is 0 Å². The van der Waals surface area contributed by atoms with Crippen molar-refractivity contribution >= 4 is 5.78 Å². The molecule has 20 heavy (non-hydrogen) atoms. The lowest BCUT2D eigenvalue weighted by Gasteiger charge is -2.22. The van der Waals surface area contributed by atoms with Gasteiger partial charge in [-0.15, -0.1) is 0 Å². The summed E-state index contributed by atoms with van der Waals surface area (Å²) in [5.74, 6) is 0.225. The highest BCUT2D eigenvalue weighted by molar-refractivity contribution is 5.97. The number of carbonyl (C=O) groups excluding carboxylic acids is 1. The van der Waals surface area contributed by atoms with Gasteiger partial charge in [0, 0.05) is 12.0 Å². The number of alkyl halides is 3. The van der Waals surface area contributed by atoms with Gasteiger partial charge in [-0.3, -0.25) is 4.79 Å². The summed E-state index contributed by atoms with van der Waals surface area (Å²) in [5.41, 5.74) is 0.100. The summed E-state index contributed by atoms with van der Waals surface area (Å²) in [6.07, 6.45) is -1.92. The zero-order valence-corrected chi connectivity index (χ0v) is 11.4. The van der Waals surface area contributed by atoms with Crippen molar-refractivity contribution in [3.8, 4) is 0 Å². The number of rotatable bonds is 3. The molecule has 1 fully saturated rings. The highest BCUT2D eigenvalue weighted by Crippen LogP contribution is 2.31. The molecular formula is C15H18F3NO. The summed E-state index contributed by atoms with van der Waals surface area (Å²) in [6, 6.07) is 3.34. The summed E-state index contributed by atoms with van der Waals surface area (Å²) in [6.45, 7) is 3.34. The molecule has 110 valence electrons. The van der Waals surface area contributed by atoms with Crippen molar-refractivity contribution in [2.45, 2.75) is 32.4 Å². The molecule has 1 unspecified atom stereocenters. The SMILES string of the molecule is Cc1cc(C(F)(F)F)ccc1C(=O)CC1CCCNC1. The monoisotopic (exact) mass is 285 g/mol. The average molecular weight is 285 g/mol. The van der Waals surface area contributed by atoms with E-state index in [0.29, 0.717) is 17.5 Å². The van der Waals surface area contributed by atoms with Gasteiger partial charge in [-0.25, -0.2) is 0 Å². The van der Waals surface area contributed by atoms with E-state index in [1.807, 2.05) is 0 Å². The molecule has 2 nitrogen and oxygen atoms in total. The Morgan fingerprint density at radius 1 is 1.40 bits per heavy atom. The van der Waals surface area contributed by atoms with E-state index in [9.17, 15) is 18.0 Å². The third-order valence-electron chi connectivity index (χ3n) is 3.73. The molecule has 1 atom stereocenters. The Morgan fingerprint density at radius 3 is 2.70 bits per heavy atom. The van der Waals surface area contributed by atoms with Gasteiger partial charge in [-0.1, -0.05) is 6.07 Å². The average Bonchev–Trinajstić information content (AvgIpc) is 2.38. The molecule has 1 saturated heterocycles. The molecule has 1 aliphatic heterocycles. The number of nitrogens with one attached hydrogen (secondary N) is 1. The second kappa shape index (κ2) is 5.95. The van der Waals surface area contributed by atoms with E-state index in [1.165, 1.54) is 6.07 Å². The van der Waals surface area contributed by atoms with Gasteiger partial charge in [0.15, 0.2) is 5.78 Å². The molecule has 0 saturated carbocycles. The smallest absolute Gasteiger partial charge is 0.316 e. The molecule has 1 aliphatic rings. The Hall–Kier alpha value is -1.36. The quantitative estimate of drug-likeness (QED) is 0.860. The minimum atomic E-state index is -4.36. The Labute approximate surface area is 116 Å². The molecule has 0 aliphatic carbocycles. The number of ketones is 1. The molecule has 2 rings (SSSR count). The number of carbonyl (C=O) groups is 1. The van der Waals surface area contributed by atoms with Gasteiger partial charge in [-0.2, -0.15) is 13.2 Å². The van der Waals surface area contributed by atoms with Crippen molar-refractivity contribution in [3.05, 3.63) is 34.9 Å². The molecule has 1 N–H and O–H groups in total. The highest BCUT2D eigenvalue weighted by atomic mass is 19.4. The van der Waals surface area contributed by atoms with Gasteiger partial charge in [0.25, 0.3) is 0 Å². The summed E-state index contributed by atoms with van der Waals surface area (Å²) < 4.78 is 37.7. The Kier molecular flexibility index (Phi) is 4.48. The summed E-state index contributed by atoms with van der Waals surface area (Å²) in [4.78, 5) is 12.2. The normalized spacial score (nSPS) is 19.9. The summed E-state index contributed by atoms with van der Waals surface area (Å²) >= 11 is 0. The Bertz CT molecular complexity index is 490. The fourth-order valence-electron chi connectivity index (χ4n) is 2.62. The van der Waals surface area contributed by atoms with E-state index in [1.54, 1.807) is 6.92 Å². The van der Waals surface area contributed by atoms with E-state index >= 15 is 0 Å². The number of hydrogen-bond donors (Lipinski definition) is 1. The van der Waals surface area contributed by atoms with E-state index in [2.05, 4.69) is 5.32 Å². The molecule has 1 aromatic carbocycles. The maximum atomic E-state index is 12.6. The van der Waals surface area contributed by atoms with E-state index in [0.717, 1.165) is 38.1 Å². The maximum Gasteiger partial charge on any atom is 0.416 e. The van der Waals surface area contributed by atoms with Gasteiger partial charge in [-0.05, 0) is 56.5 Å². The van der Waals surface area contributed by atoms with Crippen molar-refractivity contribution < 1.29 is 18.0 Å². The zero-order chi connectivity index (χ0) is 14.8. The van der Waals surface area contributed by atoms with Crippen LogP contribution in [0.5, 0.6) is 0 Å². The molecule has 0 radical (unpaired) electrons. The number of Topliss-reactive ketones (excluding diaryl/α,β-unsaturated/α-hetero) is 1. The molecule has 1 aromatic rings. The van der Waals surface area contributed by atoms with Crippen LogP contribution < -0.4 is 5.32 Å². The minimum absolute atomic E-state index is 0.0649. The van der Waals surface area contributed by atoms with E-state index in [4.69, 9.17) is 0 Å². The largest absolute Gasteiger partial charge is 0.416 e. The van der Waals surface area contributed by atoms with Crippen LogP contribution in [0.1, 0.15) is 40.7 Å². The summed E-state index contributed by atoms with van der Waals surface area (Å²) in [5, 5.41) is 3.23. The Balaban J connectivity index is 2.10. The van der Waals surface area contributed by atoms with Crippen LogP contribution in [-0.2, 0) is 6.18 Å². The first kappa shape index (κ1) is 15.0. The first-order valence-electron chi connectivity index (χ1n) is 6.79. The van der Waals surface area contributed by atoms with Gasteiger partial charge in [0.05, 0.1) is 5.56 Å². The molecular weight excluding hydrogens is 267 g/mol. The second-order valence-corrected chi connectivity index (χ2v) is 5.37. The third-order valence-corrected chi connectivity index (χ3v) is 3.73. The van der Waals surface area contributed by atoms with Crippen LogP contribution >= 0.6 is 0 Å². The van der Waals surface area contributed by atoms with Crippen LogP contribution in [-0.4, -0.2) is 18.9 Å². The molecule has 0 spiro atoms. The number of halogens is 3. The topological polar surface area (TPSA) is 29.1 Å². The van der Waals surface area contributed by atoms with Gasteiger partial charge < -0.3 is 5.32 Å². The molecule has 5 heteroatoms. The fraction of sp³-hybridized carbons (Fsp3) is 0.533. The van der Waals surface area contributed by atoms with Crippen molar-refractivity contribution in [2.24, 2.45) is 5.92 Å². The predicted octanol–water partition coefficient (Wildman–Crippen LogP) is 3.59. The standard InChI is InChI=1S/C15H18F3NO/c1-10-7-12(15(16,17)18)4-5-13(10)14(20)8-11-3-2-6-19-9-11/h4-5,7,11,19H,2-3,6,8-9H2,1H3. The third kappa shape index (κ3) is 3.60. The molecule has 0 bridgehead atoms. The van der Waals surface area contributed by atoms with Crippen LogP contribution in [0.15, 0.2) is 18.2 Å². The van der Waals surface area contributed by atoms with Gasteiger partial charge in [0.1, 0.15) is 0 Å². The number of aryl methyl sites for hydroxylation is 1. The maximum absolute atomic E-state index is 12.6.